The molecule has 2 N–H and O–H groups in total. The number of piperidine rings is 2. The summed E-state index contributed by atoms with van der Waals surface area (Å²) in [5, 5.41) is 11.9. The second-order valence-corrected chi connectivity index (χ2v) is 13.8. The molecular weight excluding hydrogens is 578 g/mol. The zero-order valence-corrected chi connectivity index (χ0v) is 27.7. The smallest absolute Gasteiger partial charge is 0.243 e. The van der Waals surface area contributed by atoms with Crippen LogP contribution in [0.25, 0.3) is 10.9 Å². The van der Waals surface area contributed by atoms with Gasteiger partial charge in [-0.15, -0.1) is 0 Å². The van der Waals surface area contributed by atoms with E-state index < -0.39 is 18.0 Å². The largest absolute Gasteiger partial charge is 0.350 e. The Balaban J connectivity index is 1.18. The lowest BCUT2D eigenvalue weighted by atomic mass is 9.87. The van der Waals surface area contributed by atoms with Crippen molar-refractivity contribution >= 4 is 28.6 Å². The van der Waals surface area contributed by atoms with Crippen molar-refractivity contribution in [3.05, 3.63) is 65.4 Å². The first-order valence-corrected chi connectivity index (χ1v) is 16.9. The van der Waals surface area contributed by atoms with E-state index in [0.29, 0.717) is 32.5 Å². The standard InChI is InChI=1S/C36H49N7O3/c1-24-7-9-25(10-8-24)18-27-20-32(34(44)38-21-26-11-12-31-28(19-26)22-39-42(31)4)43(23-27)36(46)33-30(6-5-15-37-33)35(45)41(3)29-13-16-40(2)17-14-29/h7-12,19,22,27,29-30,32-33,37H,5-6,13-18,20-21,23H2,1-4H3,(H,38,44)/t27-,30+,32+,33-/m1/s1. The summed E-state index contributed by atoms with van der Waals surface area (Å²) in [6, 6.07) is 13.5. The van der Waals surface area contributed by atoms with Crippen LogP contribution in [0.3, 0.4) is 0 Å². The Morgan fingerprint density at radius 2 is 1.76 bits per heavy atom. The summed E-state index contributed by atoms with van der Waals surface area (Å²) in [5.41, 5.74) is 4.43. The second kappa shape index (κ2) is 13.9. The molecule has 10 nitrogen and oxygen atoms in total. The number of amides is 3. The van der Waals surface area contributed by atoms with Crippen molar-refractivity contribution in [1.82, 2.24) is 35.1 Å². The molecule has 3 fully saturated rings. The molecule has 6 rings (SSSR count). The van der Waals surface area contributed by atoms with Crippen molar-refractivity contribution in [3.8, 4) is 0 Å². The van der Waals surface area contributed by atoms with Crippen LogP contribution in [0, 0.1) is 18.8 Å². The van der Waals surface area contributed by atoms with Gasteiger partial charge in [0, 0.05) is 38.6 Å². The predicted octanol–water partition coefficient (Wildman–Crippen LogP) is 2.88. The first-order chi connectivity index (χ1) is 22.2. The number of nitrogens with one attached hydrogen (secondary N) is 2. The van der Waals surface area contributed by atoms with Crippen molar-refractivity contribution in [2.75, 3.05) is 40.3 Å². The van der Waals surface area contributed by atoms with Crippen molar-refractivity contribution < 1.29 is 14.4 Å². The molecule has 2 aromatic carbocycles. The first-order valence-electron chi connectivity index (χ1n) is 16.9. The van der Waals surface area contributed by atoms with Gasteiger partial charge in [0.25, 0.3) is 0 Å². The maximum atomic E-state index is 14.4. The van der Waals surface area contributed by atoms with E-state index in [1.165, 1.54) is 11.1 Å². The normalized spacial score (nSPS) is 24.3. The van der Waals surface area contributed by atoms with E-state index in [9.17, 15) is 14.4 Å². The zero-order valence-electron chi connectivity index (χ0n) is 27.7. The molecule has 4 atom stereocenters. The third-order valence-electron chi connectivity index (χ3n) is 10.5. The fourth-order valence-corrected chi connectivity index (χ4v) is 7.67. The van der Waals surface area contributed by atoms with Crippen LogP contribution < -0.4 is 10.6 Å². The van der Waals surface area contributed by atoms with Crippen LogP contribution in [-0.2, 0) is 34.4 Å². The third-order valence-corrected chi connectivity index (χ3v) is 10.5. The van der Waals surface area contributed by atoms with Gasteiger partial charge in [-0.3, -0.25) is 19.1 Å². The average molecular weight is 628 g/mol. The minimum Gasteiger partial charge on any atom is -0.350 e. The minimum absolute atomic E-state index is 0.0438. The highest BCUT2D eigenvalue weighted by atomic mass is 16.2. The fraction of sp³-hybridized carbons (Fsp3) is 0.556. The first kappa shape index (κ1) is 32.2. The monoisotopic (exact) mass is 627 g/mol. The third kappa shape index (κ3) is 6.98. The molecule has 3 saturated heterocycles. The van der Waals surface area contributed by atoms with Gasteiger partial charge in [0.15, 0.2) is 0 Å². The SMILES string of the molecule is Cc1ccc(C[C@@H]2C[C@@H](C(=O)NCc3ccc4c(cnn4C)c3)N(C(=O)[C@@H]3NCCC[C@@H]3C(=O)N(C)C3CCN(C)CC3)C2)cc1. The molecule has 0 unspecified atom stereocenters. The number of benzene rings is 2. The highest BCUT2D eigenvalue weighted by Gasteiger charge is 2.46. The Kier molecular flexibility index (Phi) is 9.75. The van der Waals surface area contributed by atoms with Crippen LogP contribution in [0.15, 0.2) is 48.7 Å². The summed E-state index contributed by atoms with van der Waals surface area (Å²) in [5.74, 6) is -0.514. The maximum absolute atomic E-state index is 14.4. The van der Waals surface area contributed by atoms with Gasteiger partial charge >= 0.3 is 0 Å². The summed E-state index contributed by atoms with van der Waals surface area (Å²) >= 11 is 0. The molecule has 0 aliphatic carbocycles. The topological polar surface area (TPSA) is 103 Å². The van der Waals surface area contributed by atoms with Crippen LogP contribution in [0.1, 0.15) is 48.8 Å². The molecule has 3 aromatic rings. The molecule has 3 amide bonds. The molecule has 0 bridgehead atoms. The molecule has 246 valence electrons. The van der Waals surface area contributed by atoms with Crippen molar-refractivity contribution in [3.63, 3.8) is 0 Å². The van der Waals surface area contributed by atoms with E-state index in [-0.39, 0.29) is 29.7 Å². The molecule has 3 aliphatic heterocycles. The lowest BCUT2D eigenvalue weighted by molar-refractivity contribution is -0.148. The number of carbonyl (C=O) groups excluding carboxylic acids is 3. The molecule has 0 spiro atoms. The highest BCUT2D eigenvalue weighted by molar-refractivity contribution is 5.94. The Labute approximate surface area is 272 Å². The van der Waals surface area contributed by atoms with Gasteiger partial charge in [0.05, 0.1) is 23.7 Å². The van der Waals surface area contributed by atoms with Gasteiger partial charge in [-0.1, -0.05) is 35.9 Å². The van der Waals surface area contributed by atoms with Crippen LogP contribution in [0.4, 0.5) is 0 Å². The van der Waals surface area contributed by atoms with Crippen LogP contribution >= 0.6 is 0 Å². The number of nitrogens with zero attached hydrogens (tertiary/aromatic N) is 5. The molecule has 0 saturated carbocycles. The molecule has 10 heteroatoms. The van der Waals surface area contributed by atoms with E-state index in [1.807, 2.05) is 48.1 Å². The molecule has 3 aliphatic rings. The lowest BCUT2D eigenvalue weighted by Crippen LogP contribution is -2.60. The Morgan fingerprint density at radius 3 is 2.52 bits per heavy atom. The fourth-order valence-electron chi connectivity index (χ4n) is 7.67. The van der Waals surface area contributed by atoms with E-state index in [4.69, 9.17) is 0 Å². The quantitative estimate of drug-likeness (QED) is 0.399. The van der Waals surface area contributed by atoms with E-state index in [1.54, 1.807) is 4.90 Å². The number of aryl methyl sites for hydroxylation is 2. The molecule has 4 heterocycles. The zero-order chi connectivity index (χ0) is 32.4. The van der Waals surface area contributed by atoms with Crippen LogP contribution in [-0.4, -0.2) is 101 Å². The summed E-state index contributed by atoms with van der Waals surface area (Å²) in [4.78, 5) is 48.2. The van der Waals surface area contributed by atoms with E-state index in [2.05, 4.69) is 58.9 Å². The summed E-state index contributed by atoms with van der Waals surface area (Å²) in [7, 11) is 5.93. The van der Waals surface area contributed by atoms with Gasteiger partial charge < -0.3 is 25.3 Å². The molecular formula is C36H49N7O3. The van der Waals surface area contributed by atoms with Gasteiger partial charge in [0.2, 0.25) is 17.7 Å². The predicted molar refractivity (Wildman–Crippen MR) is 179 cm³/mol. The summed E-state index contributed by atoms with van der Waals surface area (Å²) in [6.45, 7) is 5.57. The average Bonchev–Trinajstić information content (AvgIpc) is 3.67. The second-order valence-electron chi connectivity index (χ2n) is 13.8. The number of hydrogen-bond donors (Lipinski definition) is 2. The molecule has 0 radical (unpaired) electrons. The number of carbonyl (C=O) groups is 3. The van der Waals surface area contributed by atoms with Crippen molar-refractivity contribution in [2.24, 2.45) is 18.9 Å². The number of rotatable bonds is 8. The Bertz CT molecular complexity index is 1540. The number of fused-ring (bicyclic) bond motifs is 1. The number of likely N-dealkylation sites (tertiary alicyclic amines) is 2. The highest BCUT2D eigenvalue weighted by Crippen LogP contribution is 2.31. The Hall–Kier alpha value is -3.76. The van der Waals surface area contributed by atoms with Crippen LogP contribution in [0.5, 0.6) is 0 Å². The molecule has 1 aromatic heterocycles. The lowest BCUT2D eigenvalue weighted by Gasteiger charge is -2.40. The van der Waals surface area contributed by atoms with Crippen molar-refractivity contribution in [2.45, 2.75) is 70.1 Å². The van der Waals surface area contributed by atoms with Crippen molar-refractivity contribution in [1.29, 1.82) is 0 Å². The Morgan fingerprint density at radius 1 is 1.02 bits per heavy atom. The van der Waals surface area contributed by atoms with Gasteiger partial charge in [-0.25, -0.2) is 0 Å². The summed E-state index contributed by atoms with van der Waals surface area (Å²) in [6.07, 6.45) is 6.63. The van der Waals surface area contributed by atoms with E-state index in [0.717, 1.165) is 55.2 Å². The number of hydrogen-bond acceptors (Lipinski definition) is 6. The summed E-state index contributed by atoms with van der Waals surface area (Å²) < 4.78 is 1.83. The molecule has 46 heavy (non-hydrogen) atoms. The van der Waals surface area contributed by atoms with Gasteiger partial charge in [-0.2, -0.15) is 5.10 Å². The maximum Gasteiger partial charge on any atom is 0.243 e. The van der Waals surface area contributed by atoms with E-state index >= 15 is 0 Å². The van der Waals surface area contributed by atoms with Crippen LogP contribution in [0.2, 0.25) is 0 Å². The van der Waals surface area contributed by atoms with Gasteiger partial charge in [0.1, 0.15) is 6.04 Å². The minimum atomic E-state index is -0.628. The van der Waals surface area contributed by atoms with Gasteiger partial charge in [-0.05, 0) is 101 Å². The number of aromatic nitrogens is 2.